The molecule has 0 atom stereocenters. The minimum atomic E-state index is 0. The number of ether oxygens (including phenoxy) is 1. The van der Waals surface area contributed by atoms with Crippen molar-refractivity contribution >= 4 is 41.3 Å². The minimum Gasteiger partial charge on any atom is -0.496 e. The first-order chi connectivity index (χ1) is 12.7. The van der Waals surface area contributed by atoms with Gasteiger partial charge in [-0.1, -0.05) is 25.1 Å². The van der Waals surface area contributed by atoms with Crippen molar-refractivity contribution in [1.82, 2.24) is 15.6 Å². The first kappa shape index (κ1) is 21.9. The number of nitrogens with zero attached hydrogens (tertiary/aromatic N) is 2. The number of nitrogens with one attached hydrogen (secondary N) is 2. The fourth-order valence-electron chi connectivity index (χ4n) is 3.16. The summed E-state index contributed by atoms with van der Waals surface area (Å²) < 4.78 is 5.55. The Bertz CT molecular complexity index is 758. The molecule has 3 rings (SSSR count). The Morgan fingerprint density at radius 1 is 1.30 bits per heavy atom. The van der Waals surface area contributed by atoms with Crippen molar-refractivity contribution in [2.45, 2.75) is 38.0 Å². The third kappa shape index (κ3) is 5.57. The topological polar surface area (TPSA) is 58.5 Å². The van der Waals surface area contributed by atoms with E-state index in [0.29, 0.717) is 0 Å². The number of benzene rings is 1. The van der Waals surface area contributed by atoms with Gasteiger partial charge in [-0.3, -0.25) is 4.99 Å². The van der Waals surface area contributed by atoms with Gasteiger partial charge in [-0.05, 0) is 25.3 Å². The highest BCUT2D eigenvalue weighted by Gasteiger charge is 2.46. The number of halogens is 1. The molecular weight excluding hydrogens is 471 g/mol. The monoisotopic (exact) mass is 500 g/mol. The van der Waals surface area contributed by atoms with E-state index in [1.807, 2.05) is 25.4 Å². The van der Waals surface area contributed by atoms with E-state index in [1.165, 1.54) is 28.3 Å². The lowest BCUT2D eigenvalue weighted by atomic mass is 9.95. The summed E-state index contributed by atoms with van der Waals surface area (Å²) in [5.41, 5.74) is 1.45. The zero-order chi connectivity index (χ0) is 18.4. The molecule has 1 saturated carbocycles. The van der Waals surface area contributed by atoms with Gasteiger partial charge in [0.1, 0.15) is 5.75 Å². The third-order valence-corrected chi connectivity index (χ3v) is 6.13. The van der Waals surface area contributed by atoms with E-state index in [2.05, 4.69) is 39.7 Å². The van der Waals surface area contributed by atoms with E-state index < -0.39 is 0 Å². The molecule has 1 aliphatic rings. The molecule has 7 heteroatoms. The molecule has 0 saturated heterocycles. The molecule has 2 aromatic rings. The first-order valence-corrected chi connectivity index (χ1v) is 10.0. The van der Waals surface area contributed by atoms with Crippen LogP contribution >= 0.6 is 35.3 Å². The molecule has 0 radical (unpaired) electrons. The average molecular weight is 500 g/mol. The molecule has 1 aromatic heterocycles. The number of aryl methyl sites for hydroxylation is 1. The lowest BCUT2D eigenvalue weighted by Gasteiger charge is -2.21. The molecule has 1 heterocycles. The number of hydrogen-bond acceptors (Lipinski definition) is 4. The predicted molar refractivity (Wildman–Crippen MR) is 124 cm³/mol. The smallest absolute Gasteiger partial charge is 0.191 e. The Hall–Kier alpha value is -1.35. The average Bonchev–Trinajstić information content (AvgIpc) is 3.34. The van der Waals surface area contributed by atoms with Crippen molar-refractivity contribution in [3.63, 3.8) is 0 Å². The van der Waals surface area contributed by atoms with Crippen LogP contribution in [0, 0.1) is 0 Å². The maximum absolute atomic E-state index is 5.55. The van der Waals surface area contributed by atoms with Crippen LogP contribution in [-0.2, 0) is 18.3 Å². The standard InChI is InChI=1S/C20H28N4OS.HI/c1-4-15-13-23-18(26-15)9-12-22-19(21-2)24-14-20(10-11-20)16-7-5-6-8-17(16)25-3;/h5-8,13H,4,9-12,14H2,1-3H3,(H2,21,22,24);1H. The number of aliphatic imine (C=N–C) groups is 1. The van der Waals surface area contributed by atoms with Crippen molar-refractivity contribution in [3.05, 3.63) is 45.9 Å². The number of para-hydroxylation sites is 1. The molecule has 0 unspecified atom stereocenters. The Kier molecular flexibility index (Phi) is 8.34. The van der Waals surface area contributed by atoms with Gasteiger partial charge < -0.3 is 15.4 Å². The lowest BCUT2D eigenvalue weighted by Crippen LogP contribution is -2.42. The maximum Gasteiger partial charge on any atom is 0.191 e. The van der Waals surface area contributed by atoms with Crippen molar-refractivity contribution in [1.29, 1.82) is 0 Å². The van der Waals surface area contributed by atoms with Gasteiger partial charge in [-0.2, -0.15) is 0 Å². The van der Waals surface area contributed by atoms with Crippen LogP contribution in [0.1, 0.15) is 35.2 Å². The van der Waals surface area contributed by atoms with Crippen LogP contribution in [0.5, 0.6) is 5.75 Å². The molecule has 1 aromatic carbocycles. The fraction of sp³-hybridized carbons (Fsp3) is 0.500. The molecule has 0 aliphatic heterocycles. The van der Waals surface area contributed by atoms with Crippen molar-refractivity contribution in [2.24, 2.45) is 4.99 Å². The second kappa shape index (κ2) is 10.3. The van der Waals surface area contributed by atoms with E-state index in [0.717, 1.165) is 37.6 Å². The normalized spacial score (nSPS) is 15.0. The van der Waals surface area contributed by atoms with Gasteiger partial charge in [-0.15, -0.1) is 35.3 Å². The van der Waals surface area contributed by atoms with Crippen molar-refractivity contribution < 1.29 is 4.74 Å². The van der Waals surface area contributed by atoms with E-state index in [9.17, 15) is 0 Å². The van der Waals surface area contributed by atoms with Crippen LogP contribution in [0.3, 0.4) is 0 Å². The van der Waals surface area contributed by atoms with E-state index in [-0.39, 0.29) is 29.4 Å². The van der Waals surface area contributed by atoms with Crippen LogP contribution < -0.4 is 15.4 Å². The number of rotatable bonds is 8. The van der Waals surface area contributed by atoms with E-state index >= 15 is 0 Å². The number of methoxy groups -OCH3 is 1. The third-order valence-electron chi connectivity index (χ3n) is 4.93. The molecule has 5 nitrogen and oxygen atoms in total. The quantitative estimate of drug-likeness (QED) is 0.329. The van der Waals surface area contributed by atoms with Crippen LogP contribution in [0.2, 0.25) is 0 Å². The molecule has 0 amide bonds. The van der Waals surface area contributed by atoms with Gasteiger partial charge >= 0.3 is 0 Å². The summed E-state index contributed by atoms with van der Waals surface area (Å²) in [5, 5.41) is 8.07. The van der Waals surface area contributed by atoms with Gasteiger partial charge in [0.15, 0.2) is 5.96 Å². The summed E-state index contributed by atoms with van der Waals surface area (Å²) in [4.78, 5) is 10.2. The van der Waals surface area contributed by atoms with Gasteiger partial charge in [0, 0.05) is 48.6 Å². The van der Waals surface area contributed by atoms with Gasteiger partial charge in [0.2, 0.25) is 0 Å². The summed E-state index contributed by atoms with van der Waals surface area (Å²) in [6.07, 6.45) is 6.31. The second-order valence-electron chi connectivity index (χ2n) is 6.66. The predicted octanol–water partition coefficient (Wildman–Crippen LogP) is 3.77. The minimum absolute atomic E-state index is 0. The molecule has 1 aliphatic carbocycles. The van der Waals surface area contributed by atoms with Gasteiger partial charge in [-0.25, -0.2) is 4.98 Å². The van der Waals surface area contributed by atoms with E-state index in [4.69, 9.17) is 4.74 Å². The Morgan fingerprint density at radius 3 is 2.70 bits per heavy atom. The van der Waals surface area contributed by atoms with Gasteiger partial charge in [0.05, 0.1) is 12.1 Å². The largest absolute Gasteiger partial charge is 0.496 e. The molecule has 2 N–H and O–H groups in total. The van der Waals surface area contributed by atoms with Crippen LogP contribution in [-0.4, -0.2) is 38.2 Å². The Labute approximate surface area is 183 Å². The Morgan fingerprint density at radius 2 is 2.07 bits per heavy atom. The van der Waals surface area contributed by atoms with Crippen LogP contribution in [0.15, 0.2) is 35.5 Å². The summed E-state index contributed by atoms with van der Waals surface area (Å²) in [6, 6.07) is 8.33. The maximum atomic E-state index is 5.55. The molecule has 27 heavy (non-hydrogen) atoms. The summed E-state index contributed by atoms with van der Waals surface area (Å²) in [7, 11) is 3.56. The first-order valence-electron chi connectivity index (χ1n) is 9.22. The van der Waals surface area contributed by atoms with Crippen LogP contribution in [0.25, 0.3) is 0 Å². The van der Waals surface area contributed by atoms with Crippen molar-refractivity contribution in [3.8, 4) is 5.75 Å². The number of hydrogen-bond donors (Lipinski definition) is 2. The summed E-state index contributed by atoms with van der Waals surface area (Å²) in [5.74, 6) is 1.82. The van der Waals surface area contributed by atoms with Gasteiger partial charge in [0.25, 0.3) is 0 Å². The molecular formula is C20H29IN4OS. The number of aromatic nitrogens is 1. The molecule has 148 valence electrons. The Balaban J connectivity index is 0.00000261. The molecule has 1 fully saturated rings. The highest BCUT2D eigenvalue weighted by molar-refractivity contribution is 14.0. The SMILES string of the molecule is CCc1cnc(CCNC(=NC)NCC2(c3ccccc3OC)CC2)s1.I. The van der Waals surface area contributed by atoms with E-state index in [1.54, 1.807) is 18.4 Å². The zero-order valence-electron chi connectivity index (χ0n) is 16.2. The highest BCUT2D eigenvalue weighted by atomic mass is 127. The van der Waals surface area contributed by atoms with Crippen molar-refractivity contribution in [2.75, 3.05) is 27.2 Å². The highest BCUT2D eigenvalue weighted by Crippen LogP contribution is 2.50. The summed E-state index contributed by atoms with van der Waals surface area (Å²) >= 11 is 1.80. The second-order valence-corrected chi connectivity index (χ2v) is 7.86. The summed E-state index contributed by atoms with van der Waals surface area (Å²) in [6.45, 7) is 3.86. The number of thiazole rings is 1. The van der Waals surface area contributed by atoms with Crippen LogP contribution in [0.4, 0.5) is 0 Å². The fourth-order valence-corrected chi connectivity index (χ4v) is 4.03. The molecule has 0 bridgehead atoms. The number of guanidine groups is 1. The molecule has 0 spiro atoms. The zero-order valence-corrected chi connectivity index (χ0v) is 19.4. The lowest BCUT2D eigenvalue weighted by molar-refractivity contribution is 0.403.